The second-order valence-electron chi connectivity index (χ2n) is 8.93. The number of benzene rings is 2. The van der Waals surface area contributed by atoms with Gasteiger partial charge in [-0.15, -0.1) is 0 Å². The number of rotatable bonds is 7. The van der Waals surface area contributed by atoms with Crippen molar-refractivity contribution in [3.8, 4) is 0 Å². The molecule has 2 aromatic rings. The topological polar surface area (TPSA) is 99.3 Å². The molecule has 0 heterocycles. The summed E-state index contributed by atoms with van der Waals surface area (Å²) in [6.07, 6.45) is 1.90. The Morgan fingerprint density at radius 3 is 2.16 bits per heavy atom. The third kappa shape index (κ3) is 6.31. The summed E-state index contributed by atoms with van der Waals surface area (Å²) >= 11 is 0. The molecule has 31 heavy (non-hydrogen) atoms. The minimum Gasteiger partial charge on any atom is -0.376 e. The van der Waals surface area contributed by atoms with Crippen LogP contribution in [0.25, 0.3) is 0 Å². The highest BCUT2D eigenvalue weighted by molar-refractivity contribution is 5.98. The summed E-state index contributed by atoms with van der Waals surface area (Å²) in [5.41, 5.74) is 3.14. The molecule has 0 unspecified atom stereocenters. The lowest BCUT2D eigenvalue weighted by Crippen LogP contribution is -2.27. The fraction of sp³-hybridized carbons (Fsp3) is 0.375. The second-order valence-corrected chi connectivity index (χ2v) is 8.93. The van der Waals surface area contributed by atoms with Gasteiger partial charge < -0.3 is 21.3 Å². The predicted octanol–water partition coefficient (Wildman–Crippen LogP) is 4.38. The molecule has 2 aromatic carbocycles. The van der Waals surface area contributed by atoms with Crippen LogP contribution < -0.4 is 21.3 Å². The highest BCUT2D eigenvalue weighted by atomic mass is 16.2. The fourth-order valence-corrected chi connectivity index (χ4v) is 2.92. The van der Waals surface area contributed by atoms with Crippen LogP contribution in [0.3, 0.4) is 0 Å². The zero-order valence-corrected chi connectivity index (χ0v) is 18.5. The Labute approximate surface area is 183 Å². The van der Waals surface area contributed by atoms with Gasteiger partial charge in [-0.1, -0.05) is 32.9 Å². The molecule has 3 rings (SSSR count). The molecule has 3 amide bonds. The summed E-state index contributed by atoms with van der Waals surface area (Å²) in [7, 11) is 0. The molecule has 0 radical (unpaired) electrons. The predicted molar refractivity (Wildman–Crippen MR) is 124 cm³/mol. The maximum absolute atomic E-state index is 12.4. The second kappa shape index (κ2) is 9.20. The summed E-state index contributed by atoms with van der Waals surface area (Å²) in [4.78, 5) is 36.6. The Morgan fingerprint density at radius 1 is 0.903 bits per heavy atom. The smallest absolute Gasteiger partial charge is 0.243 e. The molecule has 7 heteroatoms. The number of hydrogen-bond donors (Lipinski definition) is 4. The van der Waals surface area contributed by atoms with Crippen molar-refractivity contribution in [2.45, 2.75) is 40.5 Å². The molecular weight excluding hydrogens is 392 g/mol. The fourth-order valence-electron chi connectivity index (χ4n) is 2.92. The molecule has 4 N–H and O–H groups in total. The normalized spacial score (nSPS) is 13.3. The molecule has 0 atom stereocenters. The lowest BCUT2D eigenvalue weighted by Gasteiger charge is -2.18. The SMILES string of the molecule is Cc1c(NCC(=O)Nc2cccc(NC(=O)C(C)(C)C)c2)cccc1NC(=O)C1CC1. The van der Waals surface area contributed by atoms with E-state index < -0.39 is 5.41 Å². The first-order valence-corrected chi connectivity index (χ1v) is 10.5. The van der Waals surface area contributed by atoms with E-state index in [9.17, 15) is 14.4 Å². The van der Waals surface area contributed by atoms with Crippen LogP contribution in [0.2, 0.25) is 0 Å². The van der Waals surface area contributed by atoms with Crippen molar-refractivity contribution < 1.29 is 14.4 Å². The molecule has 0 spiro atoms. The van der Waals surface area contributed by atoms with Gasteiger partial charge >= 0.3 is 0 Å². The zero-order chi connectivity index (χ0) is 22.6. The van der Waals surface area contributed by atoms with Crippen molar-refractivity contribution in [1.82, 2.24) is 0 Å². The summed E-state index contributed by atoms with van der Waals surface area (Å²) < 4.78 is 0. The first kappa shape index (κ1) is 22.3. The molecule has 164 valence electrons. The lowest BCUT2D eigenvalue weighted by atomic mass is 9.95. The van der Waals surface area contributed by atoms with Crippen molar-refractivity contribution in [2.24, 2.45) is 11.3 Å². The number of anilines is 4. The Balaban J connectivity index is 1.56. The standard InChI is InChI=1S/C24H30N4O3/c1-15-19(9-6-10-20(15)28-22(30)16-11-12-16)25-14-21(29)26-17-7-5-8-18(13-17)27-23(31)24(2,3)4/h5-10,13,16,25H,11-12,14H2,1-4H3,(H,26,29)(H,27,31)(H,28,30). The van der Waals surface area contributed by atoms with Crippen molar-refractivity contribution in [3.63, 3.8) is 0 Å². The highest BCUT2D eigenvalue weighted by Crippen LogP contribution is 2.31. The molecule has 0 aromatic heterocycles. The summed E-state index contributed by atoms with van der Waals surface area (Å²) in [5.74, 6) is -0.130. The quantitative estimate of drug-likeness (QED) is 0.532. The van der Waals surface area contributed by atoms with E-state index in [1.54, 1.807) is 24.3 Å². The summed E-state index contributed by atoms with van der Waals surface area (Å²) in [5, 5.41) is 11.8. The molecule has 1 aliphatic carbocycles. The highest BCUT2D eigenvalue weighted by Gasteiger charge is 2.29. The van der Waals surface area contributed by atoms with Crippen LogP contribution in [0.5, 0.6) is 0 Å². The van der Waals surface area contributed by atoms with Gasteiger partial charge in [-0.05, 0) is 55.7 Å². The van der Waals surface area contributed by atoms with Gasteiger partial charge in [0.2, 0.25) is 17.7 Å². The minimum absolute atomic E-state index is 0.0522. The Hall–Kier alpha value is -3.35. The van der Waals surface area contributed by atoms with Crippen LogP contribution >= 0.6 is 0 Å². The van der Waals surface area contributed by atoms with E-state index in [1.165, 1.54) is 0 Å². The van der Waals surface area contributed by atoms with E-state index >= 15 is 0 Å². The van der Waals surface area contributed by atoms with Gasteiger partial charge in [0, 0.05) is 34.1 Å². The van der Waals surface area contributed by atoms with Crippen LogP contribution in [0, 0.1) is 18.3 Å². The van der Waals surface area contributed by atoms with E-state index in [0.717, 1.165) is 29.8 Å². The molecule has 0 bridgehead atoms. The molecular formula is C24H30N4O3. The number of nitrogens with one attached hydrogen (secondary N) is 4. The van der Waals surface area contributed by atoms with Crippen LogP contribution in [0.4, 0.5) is 22.7 Å². The Morgan fingerprint density at radius 2 is 1.52 bits per heavy atom. The third-order valence-electron chi connectivity index (χ3n) is 5.06. The van der Waals surface area contributed by atoms with Crippen LogP contribution in [-0.4, -0.2) is 24.3 Å². The van der Waals surface area contributed by atoms with Crippen LogP contribution in [0.1, 0.15) is 39.2 Å². The summed E-state index contributed by atoms with van der Waals surface area (Å²) in [6.45, 7) is 7.50. The lowest BCUT2D eigenvalue weighted by molar-refractivity contribution is -0.123. The Bertz CT molecular complexity index is 991. The van der Waals surface area contributed by atoms with E-state index in [4.69, 9.17) is 0 Å². The van der Waals surface area contributed by atoms with Gasteiger partial charge in [0.1, 0.15) is 0 Å². The van der Waals surface area contributed by atoms with Crippen molar-refractivity contribution >= 4 is 40.5 Å². The molecule has 7 nitrogen and oxygen atoms in total. The molecule has 1 aliphatic rings. The van der Waals surface area contributed by atoms with E-state index in [-0.39, 0.29) is 30.2 Å². The number of amides is 3. The average molecular weight is 423 g/mol. The molecule has 0 saturated heterocycles. The van der Waals surface area contributed by atoms with Gasteiger partial charge in [-0.3, -0.25) is 14.4 Å². The van der Waals surface area contributed by atoms with E-state index in [0.29, 0.717) is 11.4 Å². The summed E-state index contributed by atoms with van der Waals surface area (Å²) in [6, 6.07) is 12.6. The number of hydrogen-bond acceptors (Lipinski definition) is 4. The first-order valence-electron chi connectivity index (χ1n) is 10.5. The maximum Gasteiger partial charge on any atom is 0.243 e. The zero-order valence-electron chi connectivity index (χ0n) is 18.5. The van der Waals surface area contributed by atoms with E-state index in [1.807, 2.05) is 45.9 Å². The van der Waals surface area contributed by atoms with Gasteiger partial charge in [-0.25, -0.2) is 0 Å². The maximum atomic E-state index is 12.4. The van der Waals surface area contributed by atoms with Crippen molar-refractivity contribution in [3.05, 3.63) is 48.0 Å². The van der Waals surface area contributed by atoms with Crippen molar-refractivity contribution in [1.29, 1.82) is 0 Å². The number of carbonyl (C=O) groups excluding carboxylic acids is 3. The van der Waals surface area contributed by atoms with Gasteiger partial charge in [0.25, 0.3) is 0 Å². The largest absolute Gasteiger partial charge is 0.376 e. The van der Waals surface area contributed by atoms with Crippen LogP contribution in [-0.2, 0) is 14.4 Å². The molecule has 1 fully saturated rings. The molecule has 1 saturated carbocycles. The molecule has 0 aliphatic heterocycles. The average Bonchev–Trinajstić information content (AvgIpc) is 3.53. The Kier molecular flexibility index (Phi) is 6.63. The van der Waals surface area contributed by atoms with Crippen molar-refractivity contribution in [2.75, 3.05) is 27.8 Å². The minimum atomic E-state index is -0.506. The van der Waals surface area contributed by atoms with E-state index in [2.05, 4.69) is 21.3 Å². The monoisotopic (exact) mass is 422 g/mol. The van der Waals surface area contributed by atoms with Crippen LogP contribution in [0.15, 0.2) is 42.5 Å². The van der Waals surface area contributed by atoms with Gasteiger partial charge in [0.05, 0.1) is 6.54 Å². The van der Waals surface area contributed by atoms with Gasteiger partial charge in [-0.2, -0.15) is 0 Å². The third-order valence-corrected chi connectivity index (χ3v) is 5.06. The van der Waals surface area contributed by atoms with Gasteiger partial charge in [0.15, 0.2) is 0 Å². The number of carbonyl (C=O) groups is 3. The first-order chi connectivity index (χ1) is 14.6.